The van der Waals surface area contributed by atoms with Gasteiger partial charge in [-0.1, -0.05) is 50.6 Å². The first-order valence-corrected chi connectivity index (χ1v) is 6.40. The third-order valence-electron chi connectivity index (χ3n) is 3.35. The zero-order chi connectivity index (χ0) is 12.4. The highest BCUT2D eigenvalue weighted by Gasteiger charge is 2.18. The third-order valence-corrected chi connectivity index (χ3v) is 4.01. The monoisotopic (exact) mass is 250 g/mol. The van der Waals surface area contributed by atoms with E-state index in [0.717, 1.165) is 17.4 Å². The summed E-state index contributed by atoms with van der Waals surface area (Å²) in [5.74, 6) is 0.197. The van der Waals surface area contributed by atoms with E-state index in [2.05, 4.69) is 13.8 Å². The smallest absolute Gasteiger partial charge is 0.131 e. The minimum atomic E-state index is -0.183. The second-order valence-corrected chi connectivity index (χ2v) is 4.94. The lowest BCUT2D eigenvalue weighted by Gasteiger charge is -2.18. The Hall–Kier alpha value is -1.08. The summed E-state index contributed by atoms with van der Waals surface area (Å²) >= 11 is 6.47. The Morgan fingerprint density at radius 3 is 2.41 bits per heavy atom. The highest BCUT2D eigenvalue weighted by molar-refractivity contribution is 6.22. The minimum Gasteiger partial charge on any atom is -0.206 e. The fraction of sp³-hybridized carbons (Fsp3) is 0.333. The normalized spacial score (nSPS) is 14.8. The van der Waals surface area contributed by atoms with Crippen LogP contribution in [0, 0.1) is 11.7 Å². The Labute approximate surface area is 106 Å². The van der Waals surface area contributed by atoms with E-state index in [1.165, 1.54) is 6.07 Å². The molecule has 2 atom stereocenters. The summed E-state index contributed by atoms with van der Waals surface area (Å²) in [6.45, 7) is 4.24. The molecule has 0 N–H and O–H groups in total. The van der Waals surface area contributed by atoms with Crippen LogP contribution in [0.3, 0.4) is 0 Å². The molecule has 2 aromatic carbocycles. The fourth-order valence-electron chi connectivity index (χ4n) is 2.04. The first kappa shape index (κ1) is 12.4. The average molecular weight is 251 g/mol. The molecule has 17 heavy (non-hydrogen) atoms. The predicted octanol–water partition coefficient (Wildman–Crippen LogP) is 5.30. The van der Waals surface area contributed by atoms with E-state index in [-0.39, 0.29) is 11.2 Å². The molecule has 0 radical (unpaired) electrons. The Morgan fingerprint density at radius 1 is 1.12 bits per heavy atom. The van der Waals surface area contributed by atoms with Crippen molar-refractivity contribution >= 4 is 22.4 Å². The Bertz CT molecular complexity index is 521. The van der Waals surface area contributed by atoms with Crippen LogP contribution in [-0.2, 0) is 0 Å². The van der Waals surface area contributed by atoms with Crippen LogP contribution in [0.4, 0.5) is 4.39 Å². The van der Waals surface area contributed by atoms with Crippen molar-refractivity contribution in [2.24, 2.45) is 5.92 Å². The topological polar surface area (TPSA) is 0 Å². The van der Waals surface area contributed by atoms with E-state index in [1.807, 2.05) is 24.3 Å². The van der Waals surface area contributed by atoms with Crippen LogP contribution >= 0.6 is 11.6 Å². The molecule has 2 rings (SSSR count). The van der Waals surface area contributed by atoms with Gasteiger partial charge in [-0.3, -0.25) is 0 Å². The van der Waals surface area contributed by atoms with Gasteiger partial charge in [0.15, 0.2) is 0 Å². The molecule has 0 nitrogen and oxygen atoms in total. The number of fused-ring (bicyclic) bond motifs is 1. The fourth-order valence-corrected chi connectivity index (χ4v) is 2.41. The van der Waals surface area contributed by atoms with Crippen molar-refractivity contribution in [3.63, 3.8) is 0 Å². The summed E-state index contributed by atoms with van der Waals surface area (Å²) in [5, 5.41) is 1.51. The van der Waals surface area contributed by atoms with E-state index in [4.69, 9.17) is 11.6 Å². The average Bonchev–Trinajstić information content (AvgIpc) is 2.38. The predicted molar refractivity (Wildman–Crippen MR) is 72.0 cm³/mol. The first-order valence-electron chi connectivity index (χ1n) is 5.96. The van der Waals surface area contributed by atoms with Crippen molar-refractivity contribution in [3.05, 3.63) is 47.8 Å². The maximum absolute atomic E-state index is 13.7. The molecule has 0 aliphatic carbocycles. The molecule has 2 unspecified atom stereocenters. The Morgan fingerprint density at radius 2 is 1.76 bits per heavy atom. The van der Waals surface area contributed by atoms with Crippen molar-refractivity contribution in [1.82, 2.24) is 0 Å². The van der Waals surface area contributed by atoms with Gasteiger partial charge < -0.3 is 0 Å². The lowest BCUT2D eigenvalue weighted by Crippen LogP contribution is -2.03. The zero-order valence-corrected chi connectivity index (χ0v) is 10.8. The van der Waals surface area contributed by atoms with Gasteiger partial charge >= 0.3 is 0 Å². The van der Waals surface area contributed by atoms with Crippen molar-refractivity contribution in [2.45, 2.75) is 25.6 Å². The van der Waals surface area contributed by atoms with Crippen LogP contribution in [0.25, 0.3) is 10.8 Å². The second kappa shape index (κ2) is 5.05. The Balaban J connectivity index is 2.59. The molecular formula is C15H16ClF. The van der Waals surface area contributed by atoms with Gasteiger partial charge in [0, 0.05) is 5.39 Å². The maximum atomic E-state index is 13.7. The maximum Gasteiger partial charge on any atom is 0.131 e. The van der Waals surface area contributed by atoms with E-state index in [9.17, 15) is 4.39 Å². The van der Waals surface area contributed by atoms with E-state index in [1.54, 1.807) is 6.07 Å². The molecule has 0 saturated heterocycles. The molecular weight excluding hydrogens is 235 g/mol. The number of rotatable bonds is 3. The SMILES string of the molecule is CCC(C)C(Cl)c1ccc(F)c2ccccc12. The third kappa shape index (κ3) is 2.30. The molecule has 2 aromatic rings. The molecule has 0 aliphatic heterocycles. The van der Waals surface area contributed by atoms with Gasteiger partial charge in [-0.05, 0) is 22.9 Å². The van der Waals surface area contributed by atoms with E-state index < -0.39 is 0 Å². The number of halogens is 2. The molecule has 0 saturated carbocycles. The van der Waals surface area contributed by atoms with E-state index in [0.29, 0.717) is 11.3 Å². The zero-order valence-electron chi connectivity index (χ0n) is 10.1. The molecule has 0 fully saturated rings. The van der Waals surface area contributed by atoms with Gasteiger partial charge in [0.25, 0.3) is 0 Å². The quantitative estimate of drug-likeness (QED) is 0.648. The summed E-state index contributed by atoms with van der Waals surface area (Å²) in [4.78, 5) is 0. The summed E-state index contributed by atoms with van der Waals surface area (Å²) in [5.41, 5.74) is 1.03. The molecule has 0 aromatic heterocycles. The van der Waals surface area contributed by atoms with E-state index >= 15 is 0 Å². The summed E-state index contributed by atoms with van der Waals surface area (Å²) < 4.78 is 13.7. The van der Waals surface area contributed by atoms with Gasteiger partial charge in [-0.25, -0.2) is 4.39 Å². The summed E-state index contributed by atoms with van der Waals surface area (Å²) in [6, 6.07) is 10.8. The summed E-state index contributed by atoms with van der Waals surface area (Å²) in [7, 11) is 0. The van der Waals surface area contributed by atoms with Crippen molar-refractivity contribution < 1.29 is 4.39 Å². The molecule has 0 spiro atoms. The van der Waals surface area contributed by atoms with Gasteiger partial charge in [-0.15, -0.1) is 11.6 Å². The molecule has 90 valence electrons. The molecule has 0 bridgehead atoms. The highest BCUT2D eigenvalue weighted by atomic mass is 35.5. The van der Waals surface area contributed by atoms with Gasteiger partial charge in [0.2, 0.25) is 0 Å². The van der Waals surface area contributed by atoms with Crippen molar-refractivity contribution in [3.8, 4) is 0 Å². The lowest BCUT2D eigenvalue weighted by atomic mass is 9.94. The highest BCUT2D eigenvalue weighted by Crippen LogP contribution is 2.35. The van der Waals surface area contributed by atoms with Crippen molar-refractivity contribution in [2.75, 3.05) is 0 Å². The Kier molecular flexibility index (Phi) is 3.68. The van der Waals surface area contributed by atoms with Gasteiger partial charge in [0.05, 0.1) is 5.38 Å². The van der Waals surface area contributed by atoms with Crippen LogP contribution in [0.15, 0.2) is 36.4 Å². The molecule has 0 heterocycles. The number of benzene rings is 2. The largest absolute Gasteiger partial charge is 0.206 e. The number of alkyl halides is 1. The van der Waals surface area contributed by atoms with Crippen molar-refractivity contribution in [1.29, 1.82) is 0 Å². The van der Waals surface area contributed by atoms with Gasteiger partial charge in [0.1, 0.15) is 5.82 Å². The molecule has 2 heteroatoms. The molecule has 0 amide bonds. The van der Waals surface area contributed by atoms with Crippen LogP contribution in [0.2, 0.25) is 0 Å². The second-order valence-electron chi connectivity index (χ2n) is 4.47. The lowest BCUT2D eigenvalue weighted by molar-refractivity contribution is 0.544. The molecule has 0 aliphatic rings. The summed E-state index contributed by atoms with van der Waals surface area (Å²) in [6.07, 6.45) is 1.01. The van der Waals surface area contributed by atoms with Gasteiger partial charge in [-0.2, -0.15) is 0 Å². The van der Waals surface area contributed by atoms with Crippen LogP contribution in [0.1, 0.15) is 31.2 Å². The van der Waals surface area contributed by atoms with Crippen LogP contribution in [0.5, 0.6) is 0 Å². The number of hydrogen-bond acceptors (Lipinski definition) is 0. The van der Waals surface area contributed by atoms with Crippen LogP contribution < -0.4 is 0 Å². The van der Waals surface area contributed by atoms with Crippen LogP contribution in [-0.4, -0.2) is 0 Å². The first-order chi connectivity index (χ1) is 8.15. The standard InChI is InChI=1S/C15H16ClF/c1-3-10(2)15(16)13-8-9-14(17)12-7-5-4-6-11(12)13/h4-10,15H,3H2,1-2H3. The number of hydrogen-bond donors (Lipinski definition) is 0. The minimum absolute atomic E-state index is 0.0644.